The number of aliphatic hydroxyl groups is 4. The van der Waals surface area contributed by atoms with Crippen LogP contribution in [-0.4, -0.2) is 56.9 Å². The van der Waals surface area contributed by atoms with Gasteiger partial charge in [-0.05, 0) is 6.92 Å². The Hall–Kier alpha value is -0.530. The highest BCUT2D eigenvalue weighted by Gasteiger charge is 2.44. The zero-order valence-electron chi connectivity index (χ0n) is 6.99. The Kier molecular flexibility index (Phi) is 2.99. The normalized spacial score (nSPS) is 46.1. The van der Waals surface area contributed by atoms with Crippen LogP contribution in [0.25, 0.3) is 0 Å². The minimum absolute atomic E-state index is 0.516. The molecule has 0 saturated carbocycles. The molecular weight excluding hydrogens is 180 g/mol. The highest BCUT2D eigenvalue weighted by Crippen LogP contribution is 2.20. The van der Waals surface area contributed by atoms with Gasteiger partial charge in [-0.3, -0.25) is 4.79 Å². The molecule has 1 rings (SSSR count). The van der Waals surface area contributed by atoms with E-state index in [2.05, 4.69) is 4.74 Å². The molecule has 1 fully saturated rings. The van der Waals surface area contributed by atoms with Crippen LogP contribution in [-0.2, 0) is 9.53 Å². The number of carbonyl (C=O) groups excluding carboxylic acids is 1. The molecule has 0 bridgehead atoms. The smallest absolute Gasteiger partial charge is 0.184 e. The molecule has 76 valence electrons. The molecule has 1 heterocycles. The maximum Gasteiger partial charge on any atom is 0.184 e. The summed E-state index contributed by atoms with van der Waals surface area (Å²) in [7, 11) is 0. The van der Waals surface area contributed by atoms with Crippen molar-refractivity contribution in [1.29, 1.82) is 0 Å². The second kappa shape index (κ2) is 3.69. The summed E-state index contributed by atoms with van der Waals surface area (Å²) in [5.74, 6) is -0.516. The fourth-order valence-corrected chi connectivity index (χ4v) is 1.20. The maximum atomic E-state index is 10.8. The summed E-state index contributed by atoms with van der Waals surface area (Å²) in [6, 6.07) is 0. The number of ketones is 1. The third-order valence-corrected chi connectivity index (χ3v) is 1.99. The van der Waals surface area contributed by atoms with Crippen molar-refractivity contribution < 1.29 is 30.0 Å². The predicted molar refractivity (Wildman–Crippen MR) is 39.6 cm³/mol. The molecule has 0 amide bonds. The Morgan fingerprint density at radius 2 is 1.62 bits per heavy atom. The Balaban J connectivity index is 2.76. The highest BCUT2D eigenvalue weighted by atomic mass is 16.6. The van der Waals surface area contributed by atoms with E-state index < -0.39 is 36.5 Å². The SMILES string of the molecule is CC(=O)[C@@H]1O[C@@H](O)[C@H](O)[C@H](O)[C@@H]1O. The van der Waals surface area contributed by atoms with Gasteiger partial charge in [0.15, 0.2) is 12.1 Å². The standard InChI is InChI=1S/C7H12O6/c1-2(8)6-4(10)3(9)5(11)7(12)13-6/h3-7,9-12H,1H3/t3-,4+,5-,6+,7-/m1/s1. The first-order chi connectivity index (χ1) is 5.95. The fourth-order valence-electron chi connectivity index (χ4n) is 1.20. The van der Waals surface area contributed by atoms with Gasteiger partial charge in [0.1, 0.15) is 24.4 Å². The van der Waals surface area contributed by atoms with Crippen LogP contribution in [0.5, 0.6) is 0 Å². The monoisotopic (exact) mass is 192 g/mol. The van der Waals surface area contributed by atoms with Crippen LogP contribution in [0, 0.1) is 0 Å². The van der Waals surface area contributed by atoms with E-state index in [9.17, 15) is 9.90 Å². The zero-order chi connectivity index (χ0) is 10.2. The summed E-state index contributed by atoms with van der Waals surface area (Å²) in [5.41, 5.74) is 0. The highest BCUT2D eigenvalue weighted by molar-refractivity contribution is 5.81. The Morgan fingerprint density at radius 3 is 2.08 bits per heavy atom. The lowest BCUT2D eigenvalue weighted by Gasteiger charge is -2.37. The number of aliphatic hydroxyl groups excluding tert-OH is 4. The van der Waals surface area contributed by atoms with Crippen molar-refractivity contribution in [1.82, 2.24) is 0 Å². The summed E-state index contributed by atoms with van der Waals surface area (Å²) in [6.45, 7) is 1.16. The average Bonchev–Trinajstić information content (AvgIpc) is 2.07. The lowest BCUT2D eigenvalue weighted by molar-refractivity contribution is -0.274. The van der Waals surface area contributed by atoms with E-state index in [0.717, 1.165) is 6.92 Å². The molecule has 6 nitrogen and oxygen atoms in total. The quantitative estimate of drug-likeness (QED) is 0.362. The third kappa shape index (κ3) is 1.87. The van der Waals surface area contributed by atoms with Crippen LogP contribution in [0.3, 0.4) is 0 Å². The molecule has 0 aromatic heterocycles. The van der Waals surface area contributed by atoms with Gasteiger partial charge in [-0.2, -0.15) is 0 Å². The first kappa shape index (κ1) is 10.6. The zero-order valence-corrected chi connectivity index (χ0v) is 6.99. The molecular formula is C7H12O6. The molecule has 4 N–H and O–H groups in total. The van der Waals surface area contributed by atoms with Crippen molar-refractivity contribution in [3.63, 3.8) is 0 Å². The van der Waals surface area contributed by atoms with Gasteiger partial charge in [0.25, 0.3) is 0 Å². The molecule has 6 heteroatoms. The topological polar surface area (TPSA) is 107 Å². The molecule has 1 saturated heterocycles. The van der Waals surface area contributed by atoms with Crippen molar-refractivity contribution in [3.8, 4) is 0 Å². The summed E-state index contributed by atoms with van der Waals surface area (Å²) < 4.78 is 4.59. The first-order valence-electron chi connectivity index (χ1n) is 3.83. The van der Waals surface area contributed by atoms with Gasteiger partial charge in [-0.1, -0.05) is 0 Å². The summed E-state index contributed by atoms with van der Waals surface area (Å²) in [4.78, 5) is 10.8. The van der Waals surface area contributed by atoms with Crippen molar-refractivity contribution in [2.75, 3.05) is 0 Å². The van der Waals surface area contributed by atoms with E-state index >= 15 is 0 Å². The van der Waals surface area contributed by atoms with Gasteiger partial charge in [0.2, 0.25) is 0 Å². The molecule has 1 aliphatic rings. The first-order valence-corrected chi connectivity index (χ1v) is 3.83. The second-order valence-electron chi connectivity index (χ2n) is 3.03. The van der Waals surface area contributed by atoms with Crippen LogP contribution in [0.15, 0.2) is 0 Å². The van der Waals surface area contributed by atoms with E-state index in [-0.39, 0.29) is 0 Å². The number of rotatable bonds is 1. The third-order valence-electron chi connectivity index (χ3n) is 1.99. The largest absolute Gasteiger partial charge is 0.387 e. The van der Waals surface area contributed by atoms with E-state index in [1.807, 2.05) is 0 Å². The minimum atomic E-state index is -1.65. The van der Waals surface area contributed by atoms with Gasteiger partial charge >= 0.3 is 0 Å². The van der Waals surface area contributed by atoms with Gasteiger partial charge in [0.05, 0.1) is 0 Å². The number of hydrogen-bond donors (Lipinski definition) is 4. The van der Waals surface area contributed by atoms with Crippen molar-refractivity contribution in [2.45, 2.75) is 37.6 Å². The Bertz CT molecular complexity index is 205. The Labute approximate surface area is 74.4 Å². The van der Waals surface area contributed by atoms with Gasteiger partial charge in [-0.25, -0.2) is 0 Å². The van der Waals surface area contributed by atoms with E-state index in [0.29, 0.717) is 0 Å². The van der Waals surface area contributed by atoms with Crippen LogP contribution in [0.2, 0.25) is 0 Å². The Morgan fingerprint density at radius 1 is 1.08 bits per heavy atom. The van der Waals surface area contributed by atoms with Crippen LogP contribution >= 0.6 is 0 Å². The number of ether oxygens (including phenoxy) is 1. The van der Waals surface area contributed by atoms with Gasteiger partial charge in [-0.15, -0.1) is 0 Å². The maximum absolute atomic E-state index is 10.8. The van der Waals surface area contributed by atoms with Gasteiger partial charge in [0, 0.05) is 0 Å². The fraction of sp³-hybridized carbons (Fsp3) is 0.857. The number of carbonyl (C=O) groups is 1. The molecule has 0 aromatic carbocycles. The molecule has 5 atom stereocenters. The molecule has 0 radical (unpaired) electrons. The molecule has 0 aliphatic carbocycles. The second-order valence-corrected chi connectivity index (χ2v) is 3.03. The molecule has 0 unspecified atom stereocenters. The number of Topliss-reactive ketones (excluding diaryl/α,β-unsaturated/α-hetero) is 1. The van der Waals surface area contributed by atoms with Gasteiger partial charge < -0.3 is 25.2 Å². The lowest BCUT2D eigenvalue weighted by Crippen LogP contribution is -2.59. The van der Waals surface area contributed by atoms with Crippen LogP contribution < -0.4 is 0 Å². The minimum Gasteiger partial charge on any atom is -0.387 e. The van der Waals surface area contributed by atoms with Crippen LogP contribution in [0.1, 0.15) is 6.92 Å². The van der Waals surface area contributed by atoms with E-state index in [1.54, 1.807) is 0 Å². The molecule has 13 heavy (non-hydrogen) atoms. The molecule has 1 aliphatic heterocycles. The van der Waals surface area contributed by atoms with Crippen molar-refractivity contribution in [3.05, 3.63) is 0 Å². The van der Waals surface area contributed by atoms with Crippen molar-refractivity contribution in [2.24, 2.45) is 0 Å². The summed E-state index contributed by atoms with van der Waals surface area (Å²) in [6.07, 6.45) is -7.60. The van der Waals surface area contributed by atoms with E-state index in [1.165, 1.54) is 0 Å². The molecule has 0 aromatic rings. The lowest BCUT2D eigenvalue weighted by atomic mass is 9.97. The van der Waals surface area contributed by atoms with Crippen LogP contribution in [0.4, 0.5) is 0 Å². The number of hydrogen-bond acceptors (Lipinski definition) is 6. The summed E-state index contributed by atoms with van der Waals surface area (Å²) in [5, 5.41) is 36.4. The molecule has 0 spiro atoms. The summed E-state index contributed by atoms with van der Waals surface area (Å²) >= 11 is 0. The van der Waals surface area contributed by atoms with Crippen molar-refractivity contribution >= 4 is 5.78 Å². The average molecular weight is 192 g/mol. The van der Waals surface area contributed by atoms with E-state index in [4.69, 9.17) is 15.3 Å². The predicted octanol–water partition coefficient (Wildman–Crippen LogP) is -2.62.